The van der Waals surface area contributed by atoms with Crippen LogP contribution in [0.2, 0.25) is 0 Å². The van der Waals surface area contributed by atoms with Crippen molar-refractivity contribution in [3.8, 4) is 22.4 Å². The lowest BCUT2D eigenvalue weighted by Crippen LogP contribution is -1.86. The standard InChI is InChI=1S/C35H20N2O2/c1-2-8-24-23(7-1)22(13-14-25(24)30-20-37-18-6-5-11-33(37)36-30)21-12-17-32-29(19-21)28-16-15-27-26-9-3-4-10-31(26)38-34(27)35(28)39-32/h1-20H. The normalized spacial score (nSPS) is 12.1. The summed E-state index contributed by atoms with van der Waals surface area (Å²) in [4.78, 5) is 4.89. The summed E-state index contributed by atoms with van der Waals surface area (Å²) < 4.78 is 14.7. The second kappa shape index (κ2) is 7.59. The van der Waals surface area contributed by atoms with Crippen LogP contribution in [0, 0.1) is 0 Å². The Morgan fingerprint density at radius 1 is 0.513 bits per heavy atom. The first-order valence-electron chi connectivity index (χ1n) is 13.0. The van der Waals surface area contributed by atoms with E-state index in [-0.39, 0.29) is 0 Å². The minimum absolute atomic E-state index is 0.794. The van der Waals surface area contributed by atoms with Crippen LogP contribution in [0.1, 0.15) is 0 Å². The van der Waals surface area contributed by atoms with Crippen molar-refractivity contribution < 1.29 is 8.83 Å². The number of hydrogen-bond acceptors (Lipinski definition) is 3. The molecule has 4 aromatic heterocycles. The van der Waals surface area contributed by atoms with Gasteiger partial charge in [-0.3, -0.25) is 0 Å². The number of furan rings is 2. The number of pyridine rings is 1. The van der Waals surface area contributed by atoms with Crippen molar-refractivity contribution in [2.24, 2.45) is 0 Å². The van der Waals surface area contributed by atoms with E-state index in [1.165, 1.54) is 16.3 Å². The molecule has 0 amide bonds. The Labute approximate surface area is 222 Å². The molecule has 0 spiro atoms. The number of imidazole rings is 1. The minimum Gasteiger partial charge on any atom is -0.452 e. The Morgan fingerprint density at radius 3 is 2.00 bits per heavy atom. The van der Waals surface area contributed by atoms with Gasteiger partial charge < -0.3 is 13.2 Å². The summed E-state index contributed by atoms with van der Waals surface area (Å²) in [5, 5.41) is 6.69. The highest BCUT2D eigenvalue weighted by atomic mass is 16.4. The van der Waals surface area contributed by atoms with Crippen LogP contribution >= 0.6 is 0 Å². The van der Waals surface area contributed by atoms with Gasteiger partial charge in [-0.2, -0.15) is 0 Å². The summed E-state index contributed by atoms with van der Waals surface area (Å²) in [6.07, 6.45) is 4.13. The molecule has 4 heteroatoms. The molecule has 182 valence electrons. The predicted molar refractivity (Wildman–Crippen MR) is 158 cm³/mol. The van der Waals surface area contributed by atoms with Gasteiger partial charge in [0.15, 0.2) is 11.2 Å². The Bertz CT molecular complexity index is 2370. The van der Waals surface area contributed by atoms with Crippen LogP contribution in [0.3, 0.4) is 0 Å². The second-order valence-corrected chi connectivity index (χ2v) is 10.0. The third-order valence-corrected chi connectivity index (χ3v) is 7.86. The molecule has 9 rings (SSSR count). The quantitative estimate of drug-likeness (QED) is 0.237. The maximum atomic E-state index is 6.38. The predicted octanol–water partition coefficient (Wildman–Crippen LogP) is 9.62. The smallest absolute Gasteiger partial charge is 0.178 e. The van der Waals surface area contributed by atoms with E-state index >= 15 is 0 Å². The van der Waals surface area contributed by atoms with Gasteiger partial charge in [-0.15, -0.1) is 0 Å². The Kier molecular flexibility index (Phi) is 4.02. The van der Waals surface area contributed by atoms with Gasteiger partial charge in [0.25, 0.3) is 0 Å². The Hall–Kier alpha value is -5.35. The highest BCUT2D eigenvalue weighted by Crippen LogP contribution is 2.41. The molecule has 9 aromatic rings. The van der Waals surface area contributed by atoms with Crippen molar-refractivity contribution in [2.45, 2.75) is 0 Å². The molecular formula is C35H20N2O2. The number of rotatable bonds is 2. The summed E-state index contributed by atoms with van der Waals surface area (Å²) >= 11 is 0. The molecule has 0 fully saturated rings. The Balaban J connectivity index is 1.25. The third kappa shape index (κ3) is 2.91. The van der Waals surface area contributed by atoms with Crippen LogP contribution < -0.4 is 0 Å². The molecule has 0 atom stereocenters. The van der Waals surface area contributed by atoms with Crippen LogP contribution in [-0.2, 0) is 0 Å². The maximum absolute atomic E-state index is 6.38. The molecule has 0 radical (unpaired) electrons. The average Bonchev–Trinajstić information content (AvgIpc) is 3.69. The molecule has 0 aliphatic carbocycles. The summed E-state index contributed by atoms with van der Waals surface area (Å²) in [5.74, 6) is 0. The van der Waals surface area contributed by atoms with Gasteiger partial charge in [0, 0.05) is 39.5 Å². The zero-order valence-corrected chi connectivity index (χ0v) is 20.8. The summed E-state index contributed by atoms with van der Waals surface area (Å²) in [5.41, 5.74) is 8.68. The molecule has 4 nitrogen and oxygen atoms in total. The number of benzene rings is 5. The van der Waals surface area contributed by atoms with Gasteiger partial charge in [-0.1, -0.05) is 66.7 Å². The largest absolute Gasteiger partial charge is 0.452 e. The van der Waals surface area contributed by atoms with Gasteiger partial charge in [0.2, 0.25) is 0 Å². The first-order chi connectivity index (χ1) is 19.3. The lowest BCUT2D eigenvalue weighted by molar-refractivity contribution is 0.633. The average molecular weight is 501 g/mol. The summed E-state index contributed by atoms with van der Waals surface area (Å²) in [6, 6.07) is 37.9. The third-order valence-electron chi connectivity index (χ3n) is 7.86. The molecular weight excluding hydrogens is 480 g/mol. The van der Waals surface area contributed by atoms with Crippen molar-refractivity contribution in [1.82, 2.24) is 9.38 Å². The van der Waals surface area contributed by atoms with Gasteiger partial charge in [-0.05, 0) is 64.4 Å². The van der Waals surface area contributed by atoms with Crippen LogP contribution in [0.15, 0.2) is 130 Å². The number of para-hydroxylation sites is 1. The molecule has 4 heterocycles. The zero-order valence-electron chi connectivity index (χ0n) is 20.8. The second-order valence-electron chi connectivity index (χ2n) is 10.0. The van der Waals surface area contributed by atoms with Gasteiger partial charge >= 0.3 is 0 Å². The minimum atomic E-state index is 0.794. The molecule has 39 heavy (non-hydrogen) atoms. The van der Waals surface area contributed by atoms with Crippen molar-refractivity contribution in [3.05, 3.63) is 122 Å². The summed E-state index contributed by atoms with van der Waals surface area (Å²) in [7, 11) is 0. The molecule has 0 saturated heterocycles. The number of nitrogens with zero attached hydrogens (tertiary/aromatic N) is 2. The van der Waals surface area contributed by atoms with E-state index < -0.39 is 0 Å². The highest BCUT2D eigenvalue weighted by Gasteiger charge is 2.17. The molecule has 0 saturated carbocycles. The number of aromatic nitrogens is 2. The number of fused-ring (bicyclic) bond motifs is 9. The van der Waals surface area contributed by atoms with Gasteiger partial charge in [-0.25, -0.2) is 4.98 Å². The fourth-order valence-electron chi connectivity index (χ4n) is 6.02. The van der Waals surface area contributed by atoms with Crippen LogP contribution in [-0.4, -0.2) is 9.38 Å². The molecule has 0 aliphatic rings. The van der Waals surface area contributed by atoms with Crippen molar-refractivity contribution in [1.29, 1.82) is 0 Å². The monoisotopic (exact) mass is 500 g/mol. The lowest BCUT2D eigenvalue weighted by Gasteiger charge is -2.11. The SMILES string of the molecule is c1ccc2c(c1)oc1c2ccc2c3cc(-c4ccc(-c5cn6ccccc6n5)c5ccccc45)ccc3oc21. The van der Waals surface area contributed by atoms with Crippen molar-refractivity contribution >= 4 is 60.3 Å². The van der Waals surface area contributed by atoms with E-state index in [9.17, 15) is 0 Å². The molecule has 5 aromatic carbocycles. The highest BCUT2D eigenvalue weighted by molar-refractivity contribution is 6.19. The molecule has 0 unspecified atom stereocenters. The van der Waals surface area contributed by atoms with E-state index in [2.05, 4.69) is 83.4 Å². The Morgan fingerprint density at radius 2 is 1.18 bits per heavy atom. The van der Waals surface area contributed by atoms with Crippen molar-refractivity contribution in [2.75, 3.05) is 0 Å². The topological polar surface area (TPSA) is 43.6 Å². The van der Waals surface area contributed by atoms with E-state index in [1.54, 1.807) is 0 Å². The van der Waals surface area contributed by atoms with E-state index in [0.29, 0.717) is 0 Å². The first-order valence-corrected chi connectivity index (χ1v) is 13.0. The van der Waals surface area contributed by atoms with Gasteiger partial charge in [0.05, 0.1) is 5.69 Å². The van der Waals surface area contributed by atoms with Crippen LogP contribution in [0.5, 0.6) is 0 Å². The maximum Gasteiger partial charge on any atom is 0.178 e. The lowest BCUT2D eigenvalue weighted by atomic mass is 9.93. The fourth-order valence-corrected chi connectivity index (χ4v) is 6.02. The fraction of sp³-hybridized carbons (Fsp3) is 0. The number of hydrogen-bond donors (Lipinski definition) is 0. The van der Waals surface area contributed by atoms with E-state index in [4.69, 9.17) is 13.8 Å². The van der Waals surface area contributed by atoms with Gasteiger partial charge in [0.1, 0.15) is 16.8 Å². The molecule has 0 bridgehead atoms. The summed E-state index contributed by atoms with van der Waals surface area (Å²) in [6.45, 7) is 0. The van der Waals surface area contributed by atoms with Crippen LogP contribution in [0.4, 0.5) is 0 Å². The van der Waals surface area contributed by atoms with Crippen molar-refractivity contribution in [3.63, 3.8) is 0 Å². The first kappa shape index (κ1) is 20.7. The molecule has 0 aliphatic heterocycles. The van der Waals surface area contributed by atoms with E-state index in [0.717, 1.165) is 66.3 Å². The zero-order chi connectivity index (χ0) is 25.5. The van der Waals surface area contributed by atoms with E-state index in [1.807, 2.05) is 42.6 Å². The van der Waals surface area contributed by atoms with Crippen LogP contribution in [0.25, 0.3) is 82.7 Å². The molecule has 0 N–H and O–H groups in total.